The highest BCUT2D eigenvalue weighted by Crippen LogP contribution is 2.26. The van der Waals surface area contributed by atoms with Crippen molar-refractivity contribution in [2.75, 3.05) is 66.4 Å². The van der Waals surface area contributed by atoms with Crippen molar-refractivity contribution in [3.05, 3.63) is 11.0 Å². The summed E-state index contributed by atoms with van der Waals surface area (Å²) in [5, 5.41) is 5.21. The molecule has 2 N–H and O–H groups in total. The van der Waals surface area contributed by atoms with Gasteiger partial charge in [0.05, 0.1) is 33.0 Å². The Morgan fingerprint density at radius 2 is 1.81 bits per heavy atom. The summed E-state index contributed by atoms with van der Waals surface area (Å²) >= 11 is 0.997. The number of imide groups is 1. The summed E-state index contributed by atoms with van der Waals surface area (Å²) < 4.78 is 31.7. The molecule has 32 heavy (non-hydrogen) atoms. The molecule has 0 aliphatic carbocycles. The van der Waals surface area contributed by atoms with Gasteiger partial charge in [-0.1, -0.05) is 0 Å². The number of rotatable bonds is 19. The summed E-state index contributed by atoms with van der Waals surface area (Å²) in [6, 6.07) is 0. The first kappa shape index (κ1) is 26.4. The summed E-state index contributed by atoms with van der Waals surface area (Å²) in [4.78, 5) is 48.1. The van der Waals surface area contributed by atoms with Crippen LogP contribution < -0.4 is 10.6 Å². The highest BCUT2D eigenvalue weighted by molar-refractivity contribution is 8.05. The normalized spacial score (nSPS) is 13.7. The lowest BCUT2D eigenvalue weighted by Crippen LogP contribution is -2.33. The van der Waals surface area contributed by atoms with Gasteiger partial charge in [-0.3, -0.25) is 19.3 Å². The van der Waals surface area contributed by atoms with Crippen LogP contribution in [-0.4, -0.2) is 96.2 Å². The van der Waals surface area contributed by atoms with E-state index in [-0.39, 0.29) is 30.4 Å². The molecule has 0 aromatic rings. The topological polar surface area (TPSA) is 142 Å². The molecule has 0 spiro atoms. The summed E-state index contributed by atoms with van der Waals surface area (Å²) in [5.41, 5.74) is 0. The highest BCUT2D eigenvalue weighted by Gasteiger charge is 2.31. The number of methoxy groups -OCH3 is 1. The smallest absolute Gasteiger partial charge is 0.407 e. The predicted molar refractivity (Wildman–Crippen MR) is 118 cm³/mol. The third kappa shape index (κ3) is 12.3. The summed E-state index contributed by atoms with van der Waals surface area (Å²) in [5.74, 6) is -1.17. The molecule has 0 saturated carbocycles. The van der Waals surface area contributed by atoms with E-state index >= 15 is 0 Å². The van der Waals surface area contributed by atoms with Gasteiger partial charge in [-0.2, -0.15) is 0 Å². The van der Waals surface area contributed by atoms with Crippen LogP contribution in [0.1, 0.15) is 12.8 Å². The molecule has 12 nitrogen and oxygen atoms in total. The molecular formula is C18H29N3O9S2. The first-order chi connectivity index (χ1) is 16.0. The predicted octanol–water partition coefficient (Wildman–Crippen LogP) is 0.0509. The molecule has 1 aliphatic heterocycles. The molecule has 4 amide bonds. The zero-order chi connectivity index (χ0) is 24.3. The van der Waals surface area contributed by atoms with Crippen molar-refractivity contribution in [2.45, 2.75) is 12.8 Å². The van der Waals surface area contributed by atoms with Gasteiger partial charge in [0.25, 0.3) is 11.8 Å². The molecule has 0 aromatic heterocycles. The maximum absolute atomic E-state index is 12.0. The van der Waals surface area contributed by atoms with Gasteiger partial charge < -0.3 is 29.6 Å². The Morgan fingerprint density at radius 1 is 1.09 bits per heavy atom. The Labute approximate surface area is 197 Å². The molecule has 1 heterocycles. The van der Waals surface area contributed by atoms with Gasteiger partial charge in [-0.25, -0.2) is 8.42 Å². The molecule has 182 valence electrons. The second kappa shape index (κ2) is 17.7. The van der Waals surface area contributed by atoms with Gasteiger partial charge in [-0.05, 0) is 19.2 Å². The van der Waals surface area contributed by atoms with Crippen LogP contribution in [0.3, 0.4) is 0 Å². The van der Waals surface area contributed by atoms with E-state index in [4.69, 9.17) is 20.1 Å². The molecule has 0 saturated heterocycles. The number of nitrogens with zero attached hydrogens (tertiary/aromatic N) is 1. The maximum atomic E-state index is 12.0. The van der Waals surface area contributed by atoms with Crippen LogP contribution in [0.5, 0.6) is 0 Å². The van der Waals surface area contributed by atoms with Crippen LogP contribution in [0.15, 0.2) is 11.0 Å². The number of carbonyl (C=O) groups excluding carboxylic acids is 4. The zero-order valence-corrected chi connectivity index (χ0v) is 19.4. The van der Waals surface area contributed by atoms with Crippen LogP contribution in [0.25, 0.3) is 0 Å². The Hall–Kier alpha value is -1.84. The summed E-state index contributed by atoms with van der Waals surface area (Å²) in [7, 11) is 1.52. The maximum Gasteiger partial charge on any atom is 0.407 e. The number of thiol groups is 1. The Kier molecular flexibility index (Phi) is 14.6. The van der Waals surface area contributed by atoms with Gasteiger partial charge in [0.2, 0.25) is 5.91 Å². The second-order valence-corrected chi connectivity index (χ2v) is 7.34. The summed E-state index contributed by atoms with van der Waals surface area (Å²) in [6.07, 6.45) is 1.10. The van der Waals surface area contributed by atoms with Crippen molar-refractivity contribution >= 4 is 48.7 Å². The third-order valence-corrected chi connectivity index (χ3v) is 4.61. The van der Waals surface area contributed by atoms with Crippen LogP contribution >= 0.6 is 24.9 Å². The minimum atomic E-state index is -0.532. The molecule has 0 radical (unpaired) electrons. The van der Waals surface area contributed by atoms with Crippen molar-refractivity contribution in [1.82, 2.24) is 15.5 Å². The minimum Gasteiger partial charge on any atom is -0.447 e. The summed E-state index contributed by atoms with van der Waals surface area (Å²) in [6.45, 7) is 2.57. The van der Waals surface area contributed by atoms with Crippen molar-refractivity contribution < 1.29 is 41.8 Å². The second-order valence-electron chi connectivity index (χ2n) is 6.19. The van der Waals surface area contributed by atoms with Crippen molar-refractivity contribution in [3.63, 3.8) is 0 Å². The average molecular weight is 498 g/mol. The Balaban J connectivity index is 1.94. The standard InChI is InChI=1S/C18H29N3O9S2/c1-26-9-12-29-18(25)20-5-8-28-11-10-27-7-4-19-15(22)3-2-6-21-16(23)13-14(17(21)24)32-30-31/h13,31H,2-12H2,1H3,(H,19,22)(H,20,25)/i/hT. The van der Waals surface area contributed by atoms with Gasteiger partial charge >= 0.3 is 6.09 Å². The van der Waals surface area contributed by atoms with Gasteiger partial charge in [0, 0.05) is 51.3 Å². The molecule has 0 unspecified atom stereocenters. The first-order valence-electron chi connectivity index (χ1n) is 10.3. The number of nitrogens with one attached hydrogen (secondary N) is 2. The zero-order valence-electron chi connectivity index (χ0n) is 18.8. The Morgan fingerprint density at radius 3 is 2.50 bits per heavy atom. The molecule has 1 rings (SSSR count). The Bertz CT molecular complexity index is 670. The number of hydrogen-bond donors (Lipinski definition) is 3. The highest BCUT2D eigenvalue weighted by atomic mass is 32.2. The lowest BCUT2D eigenvalue weighted by atomic mass is 10.3. The van der Waals surface area contributed by atoms with Crippen LogP contribution in [0.4, 0.5) is 4.79 Å². The minimum absolute atomic E-state index is 0.113. The molecule has 0 fully saturated rings. The van der Waals surface area contributed by atoms with Crippen molar-refractivity contribution in [3.8, 4) is 0 Å². The van der Waals surface area contributed by atoms with E-state index in [2.05, 4.69) is 14.3 Å². The first-order valence-corrected chi connectivity index (χ1v) is 10.9. The number of amides is 4. The molecule has 14 heteroatoms. The van der Waals surface area contributed by atoms with Gasteiger partial charge in [0.1, 0.15) is 12.6 Å². The fraction of sp³-hybridized carbons (Fsp3) is 0.667. The average Bonchev–Trinajstić information content (AvgIpc) is 3.06. The van der Waals surface area contributed by atoms with E-state index in [1.165, 1.54) is 7.11 Å². The van der Waals surface area contributed by atoms with Crippen molar-refractivity contribution in [1.29, 1.82) is 1.12 Å². The van der Waals surface area contributed by atoms with Crippen LogP contribution in [-0.2, 0) is 37.0 Å². The number of carbonyl (C=O) groups is 4. The van der Waals surface area contributed by atoms with E-state index < -0.39 is 17.9 Å². The molecule has 0 bridgehead atoms. The fourth-order valence-electron chi connectivity index (χ4n) is 2.36. The molecule has 1 aliphatic rings. The third-order valence-electron chi connectivity index (χ3n) is 3.86. The van der Waals surface area contributed by atoms with Gasteiger partial charge in [-0.15, -0.1) is 0 Å². The molecule has 0 aromatic carbocycles. The quantitative estimate of drug-likeness (QED) is 0.0970. The van der Waals surface area contributed by atoms with Crippen molar-refractivity contribution in [2.24, 2.45) is 0 Å². The monoisotopic (exact) mass is 497 g/mol. The lowest BCUT2D eigenvalue weighted by Gasteiger charge is -2.14. The molecule has 0 atom stereocenters. The van der Waals surface area contributed by atoms with E-state index in [1.807, 2.05) is 0 Å². The van der Waals surface area contributed by atoms with Gasteiger partial charge in [0.15, 0.2) is 0 Å². The SMILES string of the molecule is [3H]SOSC1=CC(=O)N(CCCC(=O)NCCOCCOCCNC(=O)OCCOC)C1=O. The largest absolute Gasteiger partial charge is 0.447 e. The lowest BCUT2D eigenvalue weighted by molar-refractivity contribution is -0.137. The van der Waals surface area contributed by atoms with E-state index in [9.17, 15) is 19.2 Å². The van der Waals surface area contributed by atoms with E-state index in [0.29, 0.717) is 77.4 Å². The van der Waals surface area contributed by atoms with E-state index in [1.54, 1.807) is 0 Å². The number of hydrogen-bond acceptors (Lipinski definition) is 11. The van der Waals surface area contributed by atoms with E-state index in [0.717, 1.165) is 11.0 Å². The van der Waals surface area contributed by atoms with Crippen LogP contribution in [0, 0.1) is 0 Å². The fourth-order valence-corrected chi connectivity index (χ4v) is 2.98. The van der Waals surface area contributed by atoms with Crippen LogP contribution in [0.2, 0.25) is 0 Å². The molecular weight excluding hydrogens is 466 g/mol. The number of ether oxygens (including phenoxy) is 4. The number of alkyl carbamates (subject to hydrolysis) is 1.